The van der Waals surface area contributed by atoms with Gasteiger partial charge in [-0.3, -0.25) is 4.79 Å². The molecular weight excluding hydrogens is 593 g/mol. The third kappa shape index (κ3) is 6.70. The van der Waals surface area contributed by atoms with Gasteiger partial charge in [-0.05, 0) is 50.6 Å². The molecule has 2 heterocycles. The largest absolute Gasteiger partial charge is 0.493 e. The summed E-state index contributed by atoms with van der Waals surface area (Å²) in [5.74, 6) is -0.778. The smallest absolute Gasteiger partial charge is 0.338 e. The fourth-order valence-electron chi connectivity index (χ4n) is 5.37. The van der Waals surface area contributed by atoms with Gasteiger partial charge in [0.2, 0.25) is 0 Å². The molecule has 3 N–H and O–H groups in total. The Morgan fingerprint density at radius 3 is 2.59 bits per heavy atom. The number of esters is 1. The predicted octanol–water partition coefficient (Wildman–Crippen LogP) is 4.87. The summed E-state index contributed by atoms with van der Waals surface area (Å²) in [5, 5.41) is 10.4. The van der Waals surface area contributed by atoms with Crippen LogP contribution in [0.2, 0.25) is 0 Å². The van der Waals surface area contributed by atoms with Crippen LogP contribution in [0.4, 0.5) is 9.18 Å². The number of halogens is 1. The number of hydrazone groups is 1. The zero-order chi connectivity index (χ0) is 32.8. The van der Waals surface area contributed by atoms with E-state index in [4.69, 9.17) is 14.2 Å². The number of amides is 3. The van der Waals surface area contributed by atoms with Crippen molar-refractivity contribution in [3.05, 3.63) is 106 Å². The fourth-order valence-corrected chi connectivity index (χ4v) is 5.37. The van der Waals surface area contributed by atoms with Crippen LogP contribution in [0.3, 0.4) is 0 Å². The van der Waals surface area contributed by atoms with Crippen molar-refractivity contribution in [1.29, 1.82) is 0 Å². The van der Waals surface area contributed by atoms with Gasteiger partial charge in [-0.15, -0.1) is 0 Å². The van der Waals surface area contributed by atoms with Gasteiger partial charge in [-0.1, -0.05) is 42.5 Å². The number of hydrogen-bond donors (Lipinski definition) is 3. The average Bonchev–Trinajstić information content (AvgIpc) is 3.30. The van der Waals surface area contributed by atoms with Crippen molar-refractivity contribution < 1.29 is 33.0 Å². The quantitative estimate of drug-likeness (QED) is 0.124. The Morgan fingerprint density at radius 2 is 1.83 bits per heavy atom. The van der Waals surface area contributed by atoms with Gasteiger partial charge in [0.15, 0.2) is 18.1 Å². The lowest BCUT2D eigenvalue weighted by Gasteiger charge is -2.28. The molecule has 1 aromatic heterocycles. The van der Waals surface area contributed by atoms with Gasteiger partial charge in [0, 0.05) is 33.4 Å². The van der Waals surface area contributed by atoms with Crippen LogP contribution in [0.1, 0.15) is 42.3 Å². The van der Waals surface area contributed by atoms with Gasteiger partial charge >= 0.3 is 12.0 Å². The molecule has 1 aliphatic rings. The van der Waals surface area contributed by atoms with Crippen molar-refractivity contribution in [2.75, 3.05) is 20.3 Å². The van der Waals surface area contributed by atoms with Crippen LogP contribution in [0.25, 0.3) is 10.9 Å². The maximum absolute atomic E-state index is 14.4. The normalized spacial score (nSPS) is 14.6. The third-order valence-electron chi connectivity index (χ3n) is 7.59. The first-order chi connectivity index (χ1) is 22.2. The Hall–Kier alpha value is -5.65. The van der Waals surface area contributed by atoms with Crippen LogP contribution >= 0.6 is 0 Å². The van der Waals surface area contributed by atoms with Crippen molar-refractivity contribution in [1.82, 2.24) is 20.6 Å². The number of urea groups is 1. The standard InChI is InChI=1S/C34H34FN5O6/c1-5-45-33(42)31-20(2)37-34(43)38-32(31)22-14-15-28(29(16-22)44-4)46-19-30(41)39-36-17-25-21(3)40(27-13-9-7-11-24(25)27)18-23-10-6-8-12-26(23)35/h6-17,32H,5,18-19H2,1-4H3,(H,39,41)(H2,37,38,43)/b36-17+/t32-/m1/s1. The first kappa shape index (κ1) is 31.8. The van der Waals surface area contributed by atoms with E-state index >= 15 is 0 Å². The van der Waals surface area contributed by atoms with Crippen molar-refractivity contribution in [3.8, 4) is 11.5 Å². The highest BCUT2D eigenvalue weighted by atomic mass is 19.1. The van der Waals surface area contributed by atoms with Gasteiger partial charge in [0.25, 0.3) is 5.91 Å². The molecule has 0 aliphatic carbocycles. The summed E-state index contributed by atoms with van der Waals surface area (Å²) < 4.78 is 32.8. The molecule has 46 heavy (non-hydrogen) atoms. The summed E-state index contributed by atoms with van der Waals surface area (Å²) in [6.45, 7) is 5.40. The molecule has 0 bridgehead atoms. The molecule has 0 saturated carbocycles. The molecule has 1 aliphatic heterocycles. The lowest BCUT2D eigenvalue weighted by atomic mass is 9.95. The van der Waals surface area contributed by atoms with E-state index in [9.17, 15) is 18.8 Å². The van der Waals surface area contributed by atoms with Gasteiger partial charge in [0.1, 0.15) is 5.82 Å². The topological polar surface area (TPSA) is 132 Å². The minimum absolute atomic E-state index is 0.177. The number of aromatic nitrogens is 1. The number of hydrogen-bond acceptors (Lipinski definition) is 7. The third-order valence-corrected chi connectivity index (χ3v) is 7.59. The van der Waals surface area contributed by atoms with Crippen LogP contribution < -0.4 is 25.5 Å². The molecule has 0 spiro atoms. The van der Waals surface area contributed by atoms with Gasteiger partial charge in [0.05, 0.1) is 38.1 Å². The van der Waals surface area contributed by atoms with Crippen LogP contribution in [-0.4, -0.2) is 49.0 Å². The van der Waals surface area contributed by atoms with Crippen LogP contribution in [0.15, 0.2) is 83.1 Å². The summed E-state index contributed by atoms with van der Waals surface area (Å²) in [6.07, 6.45) is 1.56. The summed E-state index contributed by atoms with van der Waals surface area (Å²) in [4.78, 5) is 37.5. The van der Waals surface area contributed by atoms with E-state index in [1.165, 1.54) is 13.2 Å². The summed E-state index contributed by atoms with van der Waals surface area (Å²) >= 11 is 0. The summed E-state index contributed by atoms with van der Waals surface area (Å²) in [7, 11) is 1.44. The highest BCUT2D eigenvalue weighted by Gasteiger charge is 2.32. The van der Waals surface area contributed by atoms with E-state index in [-0.39, 0.29) is 30.4 Å². The highest BCUT2D eigenvalue weighted by Crippen LogP contribution is 2.34. The second-order valence-electron chi connectivity index (χ2n) is 10.5. The number of carbonyl (C=O) groups excluding carboxylic acids is 3. The van der Waals surface area contributed by atoms with Crippen molar-refractivity contribution >= 4 is 35.0 Å². The first-order valence-corrected chi connectivity index (χ1v) is 14.6. The second kappa shape index (κ2) is 14.0. The maximum Gasteiger partial charge on any atom is 0.338 e. The molecule has 4 aromatic rings. The molecule has 0 fully saturated rings. The minimum atomic E-state index is -0.783. The minimum Gasteiger partial charge on any atom is -0.493 e. The Balaban J connectivity index is 1.27. The van der Waals surface area contributed by atoms with Crippen molar-refractivity contribution in [3.63, 3.8) is 0 Å². The lowest BCUT2D eigenvalue weighted by molar-refractivity contribution is -0.139. The number of carbonyl (C=O) groups is 3. The SMILES string of the molecule is CCOC(=O)C1=C(C)NC(=O)N[C@@H]1c1ccc(OCC(=O)N/N=C/c2c(C)n(Cc3ccccc3F)c3ccccc23)c(OC)c1. The molecule has 1 atom stereocenters. The fraction of sp³-hybridized carbons (Fsp3) is 0.235. The molecule has 11 nitrogen and oxygen atoms in total. The molecule has 238 valence electrons. The second-order valence-corrected chi connectivity index (χ2v) is 10.5. The zero-order valence-electron chi connectivity index (χ0n) is 25.8. The highest BCUT2D eigenvalue weighted by molar-refractivity contribution is 6.01. The van der Waals surface area contributed by atoms with E-state index < -0.39 is 23.9 Å². The maximum atomic E-state index is 14.4. The van der Waals surface area contributed by atoms with E-state index in [1.807, 2.05) is 35.8 Å². The Morgan fingerprint density at radius 1 is 1.07 bits per heavy atom. The number of nitrogens with one attached hydrogen (secondary N) is 3. The summed E-state index contributed by atoms with van der Waals surface area (Å²) in [5.41, 5.74) is 6.83. The van der Waals surface area contributed by atoms with Crippen LogP contribution in [0, 0.1) is 12.7 Å². The molecule has 0 radical (unpaired) electrons. The predicted molar refractivity (Wildman–Crippen MR) is 170 cm³/mol. The molecular formula is C34H34FN5O6. The molecule has 12 heteroatoms. The number of para-hydroxylation sites is 1. The average molecular weight is 628 g/mol. The molecule has 5 rings (SSSR count). The van der Waals surface area contributed by atoms with E-state index in [1.54, 1.807) is 56.5 Å². The van der Waals surface area contributed by atoms with E-state index in [2.05, 4.69) is 21.2 Å². The first-order valence-electron chi connectivity index (χ1n) is 14.6. The lowest BCUT2D eigenvalue weighted by Crippen LogP contribution is -2.45. The van der Waals surface area contributed by atoms with Crippen LogP contribution in [-0.2, 0) is 20.9 Å². The van der Waals surface area contributed by atoms with Gasteiger partial charge in [-0.2, -0.15) is 5.10 Å². The van der Waals surface area contributed by atoms with Crippen molar-refractivity contribution in [2.24, 2.45) is 5.10 Å². The van der Waals surface area contributed by atoms with E-state index in [0.717, 1.165) is 22.2 Å². The molecule has 3 amide bonds. The molecule has 0 unspecified atom stereocenters. The van der Waals surface area contributed by atoms with Gasteiger partial charge in [-0.25, -0.2) is 19.4 Å². The van der Waals surface area contributed by atoms with E-state index in [0.29, 0.717) is 29.1 Å². The Labute approximate surface area is 265 Å². The summed E-state index contributed by atoms with van der Waals surface area (Å²) in [6, 6.07) is 18.0. The van der Waals surface area contributed by atoms with Crippen molar-refractivity contribution in [2.45, 2.75) is 33.4 Å². The number of allylic oxidation sites excluding steroid dienone is 1. The number of ether oxygens (including phenoxy) is 3. The number of nitrogens with zero attached hydrogens (tertiary/aromatic N) is 2. The van der Waals surface area contributed by atoms with Crippen LogP contribution in [0.5, 0.6) is 11.5 Å². The number of rotatable bonds is 11. The number of methoxy groups -OCH3 is 1. The zero-order valence-corrected chi connectivity index (χ0v) is 25.8. The van der Waals surface area contributed by atoms with Gasteiger partial charge < -0.3 is 29.4 Å². The number of benzene rings is 3. The Bertz CT molecular complexity index is 1860. The monoisotopic (exact) mass is 627 g/mol. The molecule has 0 saturated heterocycles. The number of fused-ring (bicyclic) bond motifs is 1. The molecule has 3 aromatic carbocycles. The Kier molecular flexibility index (Phi) is 9.65.